The Bertz CT molecular complexity index is 454. The van der Waals surface area contributed by atoms with Crippen molar-refractivity contribution < 1.29 is 8.78 Å². The van der Waals surface area contributed by atoms with E-state index in [0.29, 0.717) is 17.1 Å². The topological polar surface area (TPSA) is 15.3 Å². The third-order valence-corrected chi connectivity index (χ3v) is 4.45. The van der Waals surface area contributed by atoms with Crippen molar-refractivity contribution in [3.8, 4) is 0 Å². The third kappa shape index (κ3) is 4.88. The highest BCUT2D eigenvalue weighted by Crippen LogP contribution is 2.25. The molecule has 0 aromatic heterocycles. The summed E-state index contributed by atoms with van der Waals surface area (Å²) in [6.07, 6.45) is 3.07. The number of hydrogen-bond donors (Lipinski definition) is 1. The minimum Gasteiger partial charge on any atom is -0.317 e. The Morgan fingerprint density at radius 3 is 2.57 bits per heavy atom. The van der Waals surface area contributed by atoms with Crippen LogP contribution in [0.4, 0.5) is 8.78 Å². The zero-order valence-corrected chi connectivity index (χ0v) is 14.6. The van der Waals surface area contributed by atoms with Crippen LogP contribution in [-0.4, -0.2) is 30.6 Å². The molecule has 1 aromatic carbocycles. The highest BCUT2D eigenvalue weighted by Gasteiger charge is 2.23. The van der Waals surface area contributed by atoms with E-state index < -0.39 is 11.6 Å². The van der Waals surface area contributed by atoms with Crippen molar-refractivity contribution >= 4 is 28.3 Å². The molecule has 21 heavy (non-hydrogen) atoms. The van der Waals surface area contributed by atoms with E-state index in [1.54, 1.807) is 0 Å². The van der Waals surface area contributed by atoms with Gasteiger partial charge in [0, 0.05) is 18.2 Å². The summed E-state index contributed by atoms with van der Waals surface area (Å²) in [6, 6.07) is 3.16. The van der Waals surface area contributed by atoms with E-state index in [1.807, 2.05) is 0 Å². The van der Waals surface area contributed by atoms with Crippen LogP contribution in [0, 0.1) is 11.6 Å². The van der Waals surface area contributed by atoms with Crippen molar-refractivity contribution in [2.24, 2.45) is 0 Å². The Labute approximate surface area is 139 Å². The zero-order valence-electron chi connectivity index (χ0n) is 12.2. The van der Waals surface area contributed by atoms with E-state index in [4.69, 9.17) is 0 Å². The molecule has 1 aliphatic heterocycles. The lowest BCUT2D eigenvalue weighted by Crippen LogP contribution is -2.43. The Morgan fingerprint density at radius 2 is 1.95 bits per heavy atom. The summed E-state index contributed by atoms with van der Waals surface area (Å²) in [5, 5.41) is 3.33. The first kappa shape index (κ1) is 18.8. The SMILES string of the molecule is CCCN(Cc1c(F)ccc(Br)c1F)C1CCNCC1.Cl. The van der Waals surface area contributed by atoms with Crippen molar-refractivity contribution in [1.82, 2.24) is 10.2 Å². The molecule has 1 saturated heterocycles. The fraction of sp³-hybridized carbons (Fsp3) is 0.600. The lowest BCUT2D eigenvalue weighted by Gasteiger charge is -2.34. The summed E-state index contributed by atoms with van der Waals surface area (Å²) in [5.41, 5.74) is 0.173. The van der Waals surface area contributed by atoms with Crippen LogP contribution in [0.1, 0.15) is 31.7 Å². The lowest BCUT2D eigenvalue weighted by atomic mass is 10.0. The Morgan fingerprint density at radius 1 is 1.29 bits per heavy atom. The number of piperidine rings is 1. The van der Waals surface area contributed by atoms with Gasteiger partial charge in [0.1, 0.15) is 11.6 Å². The summed E-state index contributed by atoms with van der Waals surface area (Å²) in [7, 11) is 0. The average Bonchev–Trinajstić information content (AvgIpc) is 2.47. The number of halogens is 4. The molecule has 0 spiro atoms. The van der Waals surface area contributed by atoms with Gasteiger partial charge in [-0.1, -0.05) is 6.92 Å². The molecule has 1 aliphatic rings. The molecule has 0 amide bonds. The summed E-state index contributed by atoms with van der Waals surface area (Å²) in [4.78, 5) is 2.22. The molecule has 2 nitrogen and oxygen atoms in total. The van der Waals surface area contributed by atoms with Crippen LogP contribution < -0.4 is 5.32 Å². The monoisotopic (exact) mass is 382 g/mol. The highest BCUT2D eigenvalue weighted by molar-refractivity contribution is 9.10. The smallest absolute Gasteiger partial charge is 0.144 e. The van der Waals surface area contributed by atoms with Crippen LogP contribution in [0.15, 0.2) is 16.6 Å². The number of nitrogens with one attached hydrogen (secondary N) is 1. The van der Waals surface area contributed by atoms with E-state index in [2.05, 4.69) is 33.1 Å². The van der Waals surface area contributed by atoms with Crippen LogP contribution in [0.5, 0.6) is 0 Å². The summed E-state index contributed by atoms with van der Waals surface area (Å²) in [5.74, 6) is -0.930. The van der Waals surface area contributed by atoms with Crippen LogP contribution in [0.25, 0.3) is 0 Å². The van der Waals surface area contributed by atoms with Crippen LogP contribution in [0.2, 0.25) is 0 Å². The second-order valence-electron chi connectivity index (χ2n) is 5.27. The first-order chi connectivity index (χ1) is 9.63. The van der Waals surface area contributed by atoms with Crippen LogP contribution >= 0.6 is 28.3 Å². The number of rotatable bonds is 5. The van der Waals surface area contributed by atoms with Crippen LogP contribution in [-0.2, 0) is 6.54 Å². The van der Waals surface area contributed by atoms with Crippen molar-refractivity contribution in [3.05, 3.63) is 33.8 Å². The van der Waals surface area contributed by atoms with Gasteiger partial charge in [-0.05, 0) is 67.0 Å². The van der Waals surface area contributed by atoms with E-state index >= 15 is 0 Å². The molecule has 1 fully saturated rings. The predicted molar refractivity (Wildman–Crippen MR) is 87.9 cm³/mol. The maximum atomic E-state index is 14.1. The molecule has 1 N–H and O–H groups in total. The molecular weight excluding hydrogens is 362 g/mol. The minimum atomic E-state index is -0.472. The zero-order chi connectivity index (χ0) is 14.5. The molecule has 1 heterocycles. The fourth-order valence-corrected chi connectivity index (χ4v) is 3.14. The molecule has 2 rings (SSSR count). The second kappa shape index (κ2) is 9.03. The molecule has 0 atom stereocenters. The molecule has 0 aliphatic carbocycles. The maximum absolute atomic E-state index is 14.1. The first-order valence-corrected chi connectivity index (χ1v) is 8.00. The van der Waals surface area contributed by atoms with E-state index in [0.717, 1.165) is 38.9 Å². The molecule has 0 bridgehead atoms. The predicted octanol–water partition coefficient (Wildman–Crippen LogP) is 4.11. The van der Waals surface area contributed by atoms with Gasteiger partial charge >= 0.3 is 0 Å². The fourth-order valence-electron chi connectivity index (χ4n) is 2.77. The van der Waals surface area contributed by atoms with Crippen molar-refractivity contribution in [3.63, 3.8) is 0 Å². The van der Waals surface area contributed by atoms with Crippen molar-refractivity contribution in [2.75, 3.05) is 19.6 Å². The Balaban J connectivity index is 0.00000220. The number of nitrogens with zero attached hydrogens (tertiary/aromatic N) is 1. The van der Waals surface area contributed by atoms with Gasteiger partial charge in [-0.15, -0.1) is 12.4 Å². The normalized spacial score (nSPS) is 16.0. The molecule has 120 valence electrons. The van der Waals surface area contributed by atoms with Crippen LogP contribution in [0.3, 0.4) is 0 Å². The van der Waals surface area contributed by atoms with Gasteiger partial charge in [0.2, 0.25) is 0 Å². The molecule has 6 heteroatoms. The van der Waals surface area contributed by atoms with E-state index in [-0.39, 0.29) is 18.0 Å². The van der Waals surface area contributed by atoms with E-state index in [1.165, 1.54) is 12.1 Å². The molecule has 0 radical (unpaired) electrons. The van der Waals surface area contributed by atoms with E-state index in [9.17, 15) is 8.78 Å². The average molecular weight is 384 g/mol. The third-order valence-electron chi connectivity index (χ3n) is 3.84. The molecular formula is C15H22BrClF2N2. The molecule has 0 unspecified atom stereocenters. The summed E-state index contributed by atoms with van der Waals surface area (Å²) in [6.45, 7) is 5.27. The quantitative estimate of drug-likeness (QED) is 0.770. The maximum Gasteiger partial charge on any atom is 0.144 e. The minimum absolute atomic E-state index is 0. The highest BCUT2D eigenvalue weighted by atomic mass is 79.9. The van der Waals surface area contributed by atoms with Gasteiger partial charge in [0.25, 0.3) is 0 Å². The summed E-state index contributed by atoms with van der Waals surface area (Å²) >= 11 is 3.13. The van der Waals surface area contributed by atoms with Crippen molar-refractivity contribution in [2.45, 2.75) is 38.8 Å². The first-order valence-electron chi connectivity index (χ1n) is 7.20. The Kier molecular flexibility index (Phi) is 8.09. The van der Waals surface area contributed by atoms with Gasteiger partial charge in [-0.25, -0.2) is 8.78 Å². The Hall–Kier alpha value is -0.230. The molecule has 0 saturated carbocycles. The van der Waals surface area contributed by atoms with Gasteiger partial charge in [-0.3, -0.25) is 4.90 Å². The van der Waals surface area contributed by atoms with Gasteiger partial charge in [-0.2, -0.15) is 0 Å². The number of benzene rings is 1. The summed E-state index contributed by atoms with van der Waals surface area (Å²) < 4.78 is 28.3. The van der Waals surface area contributed by atoms with Gasteiger partial charge in [0.15, 0.2) is 0 Å². The van der Waals surface area contributed by atoms with Gasteiger partial charge < -0.3 is 5.32 Å². The van der Waals surface area contributed by atoms with Crippen molar-refractivity contribution in [1.29, 1.82) is 0 Å². The number of hydrogen-bond acceptors (Lipinski definition) is 2. The standard InChI is InChI=1S/C15H21BrF2N2.ClH/c1-2-9-20(11-5-7-19-8-6-11)10-12-14(17)4-3-13(16)15(12)18;/h3-4,11,19H,2,5-10H2,1H3;1H. The largest absolute Gasteiger partial charge is 0.317 e. The molecule has 1 aromatic rings. The van der Waals surface area contributed by atoms with Gasteiger partial charge in [0.05, 0.1) is 4.47 Å². The second-order valence-corrected chi connectivity index (χ2v) is 6.13. The lowest BCUT2D eigenvalue weighted by molar-refractivity contribution is 0.150.